The number of aryl methyl sites for hydroxylation is 1. The monoisotopic (exact) mass is 295 g/mol. The molecule has 0 spiro atoms. The van der Waals surface area contributed by atoms with Crippen LogP contribution in [-0.4, -0.2) is 28.8 Å². The highest BCUT2D eigenvalue weighted by Gasteiger charge is 2.16. The molecule has 0 aliphatic heterocycles. The second-order valence-corrected chi connectivity index (χ2v) is 5.61. The average Bonchev–Trinajstić information content (AvgIpc) is 3.00. The van der Waals surface area contributed by atoms with Crippen molar-refractivity contribution in [1.82, 2.24) is 14.9 Å². The van der Waals surface area contributed by atoms with Crippen LogP contribution in [0.4, 0.5) is 4.79 Å². The standard InChI is InChI=1S/C16H29N3O2/c1-4-7-15(14(3)5-2)12-21-16(20)18-8-6-10-19-11-9-17-13-19/h9,11,13-15H,4-8,10,12H2,1-3H3,(H,18,20). The highest BCUT2D eigenvalue weighted by atomic mass is 16.5. The van der Waals surface area contributed by atoms with E-state index in [4.69, 9.17) is 4.74 Å². The second kappa shape index (κ2) is 10.2. The summed E-state index contributed by atoms with van der Waals surface area (Å²) in [7, 11) is 0. The van der Waals surface area contributed by atoms with E-state index in [0.717, 1.165) is 32.2 Å². The molecule has 0 fully saturated rings. The highest BCUT2D eigenvalue weighted by molar-refractivity contribution is 5.67. The van der Waals surface area contributed by atoms with Crippen molar-refractivity contribution in [3.05, 3.63) is 18.7 Å². The van der Waals surface area contributed by atoms with Gasteiger partial charge in [0.25, 0.3) is 0 Å². The van der Waals surface area contributed by atoms with Gasteiger partial charge in [-0.05, 0) is 24.7 Å². The van der Waals surface area contributed by atoms with Crippen LogP contribution in [0.15, 0.2) is 18.7 Å². The topological polar surface area (TPSA) is 56.1 Å². The molecule has 0 aliphatic carbocycles. The minimum atomic E-state index is -0.301. The number of amides is 1. The predicted octanol–water partition coefficient (Wildman–Crippen LogP) is 3.46. The summed E-state index contributed by atoms with van der Waals surface area (Å²) in [6.07, 6.45) is 9.39. The molecule has 0 radical (unpaired) electrons. The number of hydrogen-bond donors (Lipinski definition) is 1. The molecule has 1 heterocycles. The molecular formula is C16H29N3O2. The molecule has 21 heavy (non-hydrogen) atoms. The molecule has 0 aromatic carbocycles. The van der Waals surface area contributed by atoms with Gasteiger partial charge in [-0.2, -0.15) is 0 Å². The Hall–Kier alpha value is -1.52. The van der Waals surface area contributed by atoms with Crippen molar-refractivity contribution in [3.8, 4) is 0 Å². The van der Waals surface area contributed by atoms with E-state index in [0.29, 0.717) is 25.0 Å². The largest absolute Gasteiger partial charge is 0.449 e. The van der Waals surface area contributed by atoms with Crippen molar-refractivity contribution in [1.29, 1.82) is 0 Å². The van der Waals surface area contributed by atoms with Gasteiger partial charge in [0.15, 0.2) is 0 Å². The van der Waals surface area contributed by atoms with E-state index in [9.17, 15) is 4.79 Å². The fourth-order valence-electron chi connectivity index (χ4n) is 2.34. The van der Waals surface area contributed by atoms with Gasteiger partial charge in [0, 0.05) is 25.5 Å². The lowest BCUT2D eigenvalue weighted by Gasteiger charge is -2.22. The van der Waals surface area contributed by atoms with E-state index in [2.05, 4.69) is 31.1 Å². The molecule has 1 aromatic rings. The zero-order valence-corrected chi connectivity index (χ0v) is 13.5. The van der Waals surface area contributed by atoms with E-state index < -0.39 is 0 Å². The van der Waals surface area contributed by atoms with E-state index in [1.54, 1.807) is 12.5 Å². The Labute approximate surface area is 128 Å². The van der Waals surface area contributed by atoms with E-state index in [-0.39, 0.29) is 6.09 Å². The Kier molecular flexibility index (Phi) is 8.55. The molecule has 0 bridgehead atoms. The van der Waals surface area contributed by atoms with Crippen LogP contribution in [0.1, 0.15) is 46.5 Å². The van der Waals surface area contributed by atoms with Crippen LogP contribution in [-0.2, 0) is 11.3 Å². The quantitative estimate of drug-likeness (QED) is 0.672. The molecule has 5 heteroatoms. The van der Waals surface area contributed by atoms with Crippen LogP contribution in [0.2, 0.25) is 0 Å². The number of aromatic nitrogens is 2. The number of ether oxygens (including phenoxy) is 1. The summed E-state index contributed by atoms with van der Waals surface area (Å²) in [5, 5.41) is 2.80. The van der Waals surface area contributed by atoms with Crippen molar-refractivity contribution >= 4 is 6.09 Å². The molecule has 1 amide bonds. The van der Waals surface area contributed by atoms with Crippen LogP contribution in [0.3, 0.4) is 0 Å². The first-order valence-electron chi connectivity index (χ1n) is 8.03. The van der Waals surface area contributed by atoms with E-state index >= 15 is 0 Å². The van der Waals surface area contributed by atoms with Gasteiger partial charge in [-0.25, -0.2) is 9.78 Å². The van der Waals surface area contributed by atoms with E-state index in [1.165, 1.54) is 0 Å². The third kappa shape index (κ3) is 7.16. The molecule has 1 N–H and O–H groups in total. The number of hydrogen-bond acceptors (Lipinski definition) is 3. The van der Waals surface area contributed by atoms with Gasteiger partial charge in [-0.3, -0.25) is 0 Å². The number of rotatable bonds is 10. The first kappa shape index (κ1) is 17.5. The number of nitrogens with one attached hydrogen (secondary N) is 1. The molecule has 2 atom stereocenters. The molecule has 0 saturated carbocycles. The predicted molar refractivity (Wildman–Crippen MR) is 84.0 cm³/mol. The maximum absolute atomic E-state index is 11.7. The van der Waals surface area contributed by atoms with Crippen molar-refractivity contribution in [2.45, 2.75) is 53.0 Å². The lowest BCUT2D eigenvalue weighted by Crippen LogP contribution is -2.29. The van der Waals surface area contributed by atoms with Gasteiger partial charge in [0.2, 0.25) is 0 Å². The first-order chi connectivity index (χ1) is 10.2. The normalized spacial score (nSPS) is 13.7. The number of carbonyl (C=O) groups is 1. The highest BCUT2D eigenvalue weighted by Crippen LogP contribution is 2.20. The van der Waals surface area contributed by atoms with Gasteiger partial charge in [-0.15, -0.1) is 0 Å². The van der Waals surface area contributed by atoms with Crippen LogP contribution in [0, 0.1) is 11.8 Å². The molecule has 120 valence electrons. The minimum absolute atomic E-state index is 0.301. The second-order valence-electron chi connectivity index (χ2n) is 5.61. The smallest absolute Gasteiger partial charge is 0.407 e. The Bertz CT molecular complexity index is 379. The maximum Gasteiger partial charge on any atom is 0.407 e. The van der Waals surface area contributed by atoms with Crippen LogP contribution in [0.5, 0.6) is 0 Å². The molecule has 1 rings (SSSR count). The maximum atomic E-state index is 11.7. The molecular weight excluding hydrogens is 266 g/mol. The van der Waals surface area contributed by atoms with Crippen molar-refractivity contribution in [3.63, 3.8) is 0 Å². The van der Waals surface area contributed by atoms with Crippen molar-refractivity contribution < 1.29 is 9.53 Å². The zero-order chi connectivity index (χ0) is 15.5. The number of nitrogens with zero attached hydrogens (tertiary/aromatic N) is 2. The number of imidazole rings is 1. The summed E-state index contributed by atoms with van der Waals surface area (Å²) >= 11 is 0. The van der Waals surface area contributed by atoms with Gasteiger partial charge in [0.05, 0.1) is 12.9 Å². The molecule has 5 nitrogen and oxygen atoms in total. The van der Waals surface area contributed by atoms with E-state index in [1.807, 2.05) is 10.8 Å². The van der Waals surface area contributed by atoms with Gasteiger partial charge in [0.1, 0.15) is 0 Å². The number of alkyl carbamates (subject to hydrolysis) is 1. The average molecular weight is 295 g/mol. The Morgan fingerprint density at radius 2 is 2.24 bits per heavy atom. The lowest BCUT2D eigenvalue weighted by molar-refractivity contribution is 0.107. The van der Waals surface area contributed by atoms with Crippen LogP contribution >= 0.6 is 0 Å². The summed E-state index contributed by atoms with van der Waals surface area (Å²) in [4.78, 5) is 15.6. The lowest BCUT2D eigenvalue weighted by atomic mass is 9.89. The molecule has 1 aromatic heterocycles. The van der Waals surface area contributed by atoms with Gasteiger partial charge in [-0.1, -0.05) is 33.6 Å². The third-order valence-electron chi connectivity index (χ3n) is 3.96. The number of carbonyl (C=O) groups excluding carboxylic acids is 1. The van der Waals surface area contributed by atoms with Crippen LogP contribution < -0.4 is 5.32 Å². The van der Waals surface area contributed by atoms with Gasteiger partial charge < -0.3 is 14.6 Å². The summed E-state index contributed by atoms with van der Waals surface area (Å²) in [6, 6.07) is 0. The molecule has 0 saturated heterocycles. The Morgan fingerprint density at radius 1 is 1.43 bits per heavy atom. The van der Waals surface area contributed by atoms with Crippen molar-refractivity contribution in [2.24, 2.45) is 11.8 Å². The first-order valence-corrected chi connectivity index (χ1v) is 8.03. The molecule has 0 aliphatic rings. The van der Waals surface area contributed by atoms with Crippen molar-refractivity contribution in [2.75, 3.05) is 13.2 Å². The van der Waals surface area contributed by atoms with Crippen LogP contribution in [0.25, 0.3) is 0 Å². The fourth-order valence-corrected chi connectivity index (χ4v) is 2.34. The summed E-state index contributed by atoms with van der Waals surface area (Å²) in [6.45, 7) is 8.59. The van der Waals surface area contributed by atoms with Gasteiger partial charge >= 0.3 is 6.09 Å². The minimum Gasteiger partial charge on any atom is -0.449 e. The SMILES string of the molecule is CCCC(COC(=O)NCCCn1ccnc1)C(C)CC. The molecule has 2 unspecified atom stereocenters. The third-order valence-corrected chi connectivity index (χ3v) is 3.96. The Balaban J connectivity index is 2.14. The zero-order valence-electron chi connectivity index (χ0n) is 13.5. The fraction of sp³-hybridized carbons (Fsp3) is 0.750. The summed E-state index contributed by atoms with van der Waals surface area (Å²) in [5.41, 5.74) is 0. The Morgan fingerprint density at radius 3 is 2.86 bits per heavy atom. The summed E-state index contributed by atoms with van der Waals surface area (Å²) in [5.74, 6) is 1.07. The summed E-state index contributed by atoms with van der Waals surface area (Å²) < 4.78 is 7.34.